The average Bonchev–Trinajstić information content (AvgIpc) is 2.15. The molecular formula is C14H25NO. The van der Waals surface area contributed by atoms with Crippen LogP contribution in [0.3, 0.4) is 0 Å². The van der Waals surface area contributed by atoms with E-state index in [2.05, 4.69) is 25.8 Å². The third kappa shape index (κ3) is 2.17. The molecule has 2 rings (SSSR count). The van der Waals surface area contributed by atoms with Crippen molar-refractivity contribution in [3.8, 4) is 0 Å². The fourth-order valence-corrected chi connectivity index (χ4v) is 3.58. The molecule has 2 bridgehead atoms. The van der Waals surface area contributed by atoms with Crippen LogP contribution in [0.15, 0.2) is 0 Å². The van der Waals surface area contributed by atoms with Crippen LogP contribution in [0.5, 0.6) is 0 Å². The van der Waals surface area contributed by atoms with Gasteiger partial charge in [0.1, 0.15) is 5.78 Å². The lowest BCUT2D eigenvalue weighted by Crippen LogP contribution is -2.53. The first-order valence-corrected chi connectivity index (χ1v) is 6.71. The zero-order valence-electron chi connectivity index (χ0n) is 11.1. The highest BCUT2D eigenvalue weighted by atomic mass is 16.1. The molecule has 2 aliphatic heterocycles. The van der Waals surface area contributed by atoms with Gasteiger partial charge in [0.2, 0.25) is 0 Å². The van der Waals surface area contributed by atoms with Crippen LogP contribution in [0.2, 0.25) is 0 Å². The maximum atomic E-state index is 11.5. The van der Waals surface area contributed by atoms with E-state index in [9.17, 15) is 4.79 Å². The van der Waals surface area contributed by atoms with Gasteiger partial charge < -0.3 is 4.90 Å². The Morgan fingerprint density at radius 2 is 1.62 bits per heavy atom. The molecule has 3 unspecified atom stereocenters. The second kappa shape index (κ2) is 4.48. The maximum Gasteiger partial charge on any atom is 0.133 e. The molecular weight excluding hydrogens is 198 g/mol. The summed E-state index contributed by atoms with van der Waals surface area (Å²) in [6.07, 6.45) is 4.81. The van der Waals surface area contributed by atoms with Gasteiger partial charge in [-0.15, -0.1) is 0 Å². The van der Waals surface area contributed by atoms with E-state index in [0.29, 0.717) is 23.8 Å². The number of Topliss-reactive ketones (excluding diaryl/α,β-unsaturated/α-hetero) is 1. The Kier molecular flexibility index (Phi) is 3.39. The minimum absolute atomic E-state index is 0.347. The van der Waals surface area contributed by atoms with Crippen LogP contribution in [0.1, 0.15) is 46.5 Å². The molecule has 0 spiro atoms. The summed E-state index contributed by atoms with van der Waals surface area (Å²) in [5, 5.41) is 0. The topological polar surface area (TPSA) is 20.3 Å². The van der Waals surface area contributed by atoms with Crippen molar-refractivity contribution in [2.24, 2.45) is 17.8 Å². The Morgan fingerprint density at radius 3 is 2.00 bits per heavy atom. The fraction of sp³-hybridized carbons (Fsp3) is 0.929. The van der Waals surface area contributed by atoms with Crippen molar-refractivity contribution in [2.75, 3.05) is 7.05 Å². The Morgan fingerprint density at radius 1 is 1.12 bits per heavy atom. The number of hydrogen-bond acceptors (Lipinski definition) is 2. The Balaban J connectivity index is 2.07. The highest BCUT2D eigenvalue weighted by Gasteiger charge is 2.41. The van der Waals surface area contributed by atoms with Crippen molar-refractivity contribution >= 4 is 5.78 Å². The lowest BCUT2D eigenvalue weighted by Gasteiger charge is -2.50. The zero-order chi connectivity index (χ0) is 11.9. The van der Waals surface area contributed by atoms with E-state index < -0.39 is 0 Å². The monoisotopic (exact) mass is 223 g/mol. The maximum absolute atomic E-state index is 11.5. The van der Waals surface area contributed by atoms with Crippen LogP contribution >= 0.6 is 0 Å². The number of carbonyl (C=O) groups is 1. The molecule has 0 saturated carbocycles. The summed E-state index contributed by atoms with van der Waals surface area (Å²) in [7, 11) is 2.25. The van der Waals surface area contributed by atoms with Gasteiger partial charge in [-0.05, 0) is 51.5 Å². The highest BCUT2D eigenvalue weighted by Crippen LogP contribution is 2.41. The summed E-state index contributed by atoms with van der Waals surface area (Å²) in [5.74, 6) is 2.43. The van der Waals surface area contributed by atoms with Crippen molar-refractivity contribution in [2.45, 2.75) is 58.5 Å². The Hall–Kier alpha value is -0.370. The number of carbonyl (C=O) groups excluding carboxylic acids is 1. The van der Waals surface area contributed by atoms with E-state index in [4.69, 9.17) is 0 Å². The van der Waals surface area contributed by atoms with E-state index in [1.165, 1.54) is 12.8 Å². The van der Waals surface area contributed by atoms with Crippen molar-refractivity contribution in [1.82, 2.24) is 4.90 Å². The number of ketones is 1. The number of fused-ring (bicyclic) bond motifs is 2. The van der Waals surface area contributed by atoms with Crippen molar-refractivity contribution in [1.29, 1.82) is 0 Å². The lowest BCUT2D eigenvalue weighted by molar-refractivity contribution is -0.125. The van der Waals surface area contributed by atoms with Gasteiger partial charge in [0.25, 0.3) is 0 Å². The zero-order valence-corrected chi connectivity index (χ0v) is 11.1. The highest BCUT2D eigenvalue weighted by molar-refractivity contribution is 5.78. The molecule has 0 amide bonds. The molecule has 0 radical (unpaired) electrons. The molecule has 92 valence electrons. The SMILES string of the molecule is CC(=O)C1CC2CC(C(C)C)C[C@@H](C1)N2C. The van der Waals surface area contributed by atoms with E-state index >= 15 is 0 Å². The first kappa shape index (κ1) is 12.1. The minimum Gasteiger partial charge on any atom is -0.300 e. The van der Waals surface area contributed by atoms with Gasteiger partial charge in [-0.1, -0.05) is 13.8 Å². The molecule has 2 saturated heterocycles. The number of piperidine rings is 2. The van der Waals surface area contributed by atoms with Gasteiger partial charge in [0.15, 0.2) is 0 Å². The van der Waals surface area contributed by atoms with E-state index in [-0.39, 0.29) is 0 Å². The van der Waals surface area contributed by atoms with Crippen LogP contribution in [-0.4, -0.2) is 29.8 Å². The van der Waals surface area contributed by atoms with Crippen LogP contribution in [0, 0.1) is 17.8 Å². The van der Waals surface area contributed by atoms with E-state index in [1.807, 2.05) is 0 Å². The van der Waals surface area contributed by atoms with Gasteiger partial charge in [0.05, 0.1) is 0 Å². The Bertz CT molecular complexity index is 258. The second-order valence-electron chi connectivity index (χ2n) is 6.23. The summed E-state index contributed by atoms with van der Waals surface area (Å²) in [6.45, 7) is 6.45. The molecule has 2 heteroatoms. The van der Waals surface area contributed by atoms with Gasteiger partial charge in [-0.2, -0.15) is 0 Å². The number of rotatable bonds is 2. The molecule has 2 aliphatic rings. The summed E-state index contributed by atoms with van der Waals surface area (Å²) in [6, 6.07) is 1.32. The molecule has 2 nitrogen and oxygen atoms in total. The third-order valence-corrected chi connectivity index (χ3v) is 4.93. The molecule has 0 aromatic rings. The Labute approximate surface area is 99.4 Å². The first-order valence-electron chi connectivity index (χ1n) is 6.71. The molecule has 16 heavy (non-hydrogen) atoms. The van der Waals surface area contributed by atoms with Crippen molar-refractivity contribution in [3.05, 3.63) is 0 Å². The van der Waals surface area contributed by atoms with Gasteiger partial charge in [-0.25, -0.2) is 0 Å². The largest absolute Gasteiger partial charge is 0.300 e. The predicted octanol–water partition coefficient (Wildman–Crippen LogP) is 2.72. The smallest absolute Gasteiger partial charge is 0.133 e. The molecule has 0 N–H and O–H groups in total. The fourth-order valence-electron chi connectivity index (χ4n) is 3.58. The summed E-state index contributed by atoms with van der Waals surface area (Å²) >= 11 is 0. The summed E-state index contributed by atoms with van der Waals surface area (Å²) < 4.78 is 0. The average molecular weight is 223 g/mol. The summed E-state index contributed by atoms with van der Waals surface area (Å²) in [5.41, 5.74) is 0. The first-order chi connectivity index (χ1) is 7.49. The summed E-state index contributed by atoms with van der Waals surface area (Å²) in [4.78, 5) is 14.1. The van der Waals surface area contributed by atoms with Crippen molar-refractivity contribution in [3.63, 3.8) is 0 Å². The van der Waals surface area contributed by atoms with Gasteiger partial charge >= 0.3 is 0 Å². The van der Waals surface area contributed by atoms with Crippen molar-refractivity contribution < 1.29 is 4.79 Å². The predicted molar refractivity (Wildman–Crippen MR) is 66.3 cm³/mol. The number of hydrogen-bond donors (Lipinski definition) is 0. The molecule has 0 aromatic carbocycles. The van der Waals surface area contributed by atoms with Gasteiger partial charge in [-0.3, -0.25) is 4.79 Å². The molecule has 2 fully saturated rings. The van der Waals surface area contributed by atoms with E-state index in [0.717, 1.165) is 24.7 Å². The standard InChI is InChI=1S/C14H25NO/c1-9(2)11-5-13-7-12(10(3)16)8-14(6-11)15(13)4/h9,11-14H,5-8H2,1-4H3/t11?,12?,13-,14?/m0/s1. The minimum atomic E-state index is 0.347. The van der Waals surface area contributed by atoms with Crippen LogP contribution in [0.4, 0.5) is 0 Å². The lowest BCUT2D eigenvalue weighted by atomic mass is 9.70. The normalized spacial score (nSPS) is 40.1. The third-order valence-electron chi connectivity index (χ3n) is 4.93. The molecule has 0 aromatic heterocycles. The molecule has 0 aliphatic carbocycles. The van der Waals surface area contributed by atoms with Crippen LogP contribution < -0.4 is 0 Å². The quantitative estimate of drug-likeness (QED) is 0.717. The van der Waals surface area contributed by atoms with Crippen LogP contribution in [0.25, 0.3) is 0 Å². The van der Waals surface area contributed by atoms with Crippen LogP contribution in [-0.2, 0) is 4.79 Å². The molecule has 4 atom stereocenters. The second-order valence-corrected chi connectivity index (χ2v) is 6.23. The van der Waals surface area contributed by atoms with Gasteiger partial charge in [0, 0.05) is 18.0 Å². The number of nitrogens with zero attached hydrogens (tertiary/aromatic N) is 1. The van der Waals surface area contributed by atoms with E-state index in [1.54, 1.807) is 6.92 Å². The molecule has 2 heterocycles.